The lowest BCUT2D eigenvalue weighted by molar-refractivity contribution is -0.127. The number of halogens is 2. The van der Waals surface area contributed by atoms with Crippen molar-refractivity contribution in [3.8, 4) is 28.4 Å². The number of amides is 1. The molecule has 4 aromatic rings. The van der Waals surface area contributed by atoms with Gasteiger partial charge in [-0.05, 0) is 48.7 Å². The summed E-state index contributed by atoms with van der Waals surface area (Å²) >= 11 is 0. The van der Waals surface area contributed by atoms with Gasteiger partial charge in [-0.3, -0.25) is 19.1 Å². The van der Waals surface area contributed by atoms with Crippen LogP contribution < -0.4 is 15.2 Å². The first-order valence-corrected chi connectivity index (χ1v) is 13.7. The van der Waals surface area contributed by atoms with E-state index in [4.69, 9.17) is 4.74 Å². The van der Waals surface area contributed by atoms with Gasteiger partial charge in [-0.15, -0.1) is 0 Å². The highest BCUT2D eigenvalue weighted by molar-refractivity contribution is 5.96. The number of pyridine rings is 3. The van der Waals surface area contributed by atoms with Crippen LogP contribution in [0.5, 0.6) is 11.5 Å². The Morgan fingerprint density at radius 3 is 2.69 bits per heavy atom. The molecule has 0 bridgehead atoms. The van der Waals surface area contributed by atoms with Crippen molar-refractivity contribution in [2.75, 3.05) is 31.1 Å². The number of piperazine rings is 1. The van der Waals surface area contributed by atoms with Gasteiger partial charge >= 0.3 is 5.56 Å². The Labute approximate surface area is 240 Å². The van der Waals surface area contributed by atoms with Crippen LogP contribution >= 0.6 is 0 Å². The summed E-state index contributed by atoms with van der Waals surface area (Å²) in [5.74, 6) is -2.50. The first kappa shape index (κ1) is 27.4. The number of carbonyl (C=O) groups is 1. The number of aromatic hydroxyl groups is 1. The SMILES string of the molecule is C=CC(=O)N1CCN2c3c(c(=O)n(-c4c(C)ccnc4C(C)C)c4nc(-c5c(O)cccc5F)c(F)cc34)OC[C@@H]2C1. The van der Waals surface area contributed by atoms with E-state index >= 15 is 4.39 Å². The first-order valence-electron chi connectivity index (χ1n) is 13.7. The van der Waals surface area contributed by atoms with E-state index in [1.165, 1.54) is 28.8 Å². The molecule has 1 saturated heterocycles. The monoisotopic (exact) mass is 573 g/mol. The first-order chi connectivity index (χ1) is 20.1. The topological polar surface area (TPSA) is 101 Å². The van der Waals surface area contributed by atoms with Crippen LogP contribution in [0.3, 0.4) is 0 Å². The molecule has 2 aliphatic heterocycles. The molecule has 9 nitrogen and oxygen atoms in total. The van der Waals surface area contributed by atoms with Crippen molar-refractivity contribution in [1.29, 1.82) is 0 Å². The maximum absolute atomic E-state index is 15.9. The van der Waals surface area contributed by atoms with Crippen LogP contribution in [0.1, 0.15) is 31.0 Å². The Bertz CT molecular complexity index is 1820. The quantitative estimate of drug-likeness (QED) is 0.360. The summed E-state index contributed by atoms with van der Waals surface area (Å²) in [6.45, 7) is 10.5. The van der Waals surface area contributed by atoms with Gasteiger partial charge in [0.05, 0.1) is 28.7 Å². The molecule has 42 heavy (non-hydrogen) atoms. The Hall–Kier alpha value is -4.80. The summed E-state index contributed by atoms with van der Waals surface area (Å²) in [7, 11) is 0. The van der Waals surface area contributed by atoms with Crippen LogP contribution in [0.25, 0.3) is 28.0 Å². The van der Waals surface area contributed by atoms with Crippen molar-refractivity contribution < 1.29 is 23.4 Å². The Morgan fingerprint density at radius 2 is 1.98 bits per heavy atom. The number of anilines is 1. The van der Waals surface area contributed by atoms with E-state index < -0.39 is 34.2 Å². The number of phenolic OH excluding ortho intramolecular Hbond substituents is 1. The summed E-state index contributed by atoms with van der Waals surface area (Å²) < 4.78 is 38.3. The standard InChI is InChI=1S/C31H29F2N5O4/c1-5-23(40)36-11-12-37-18(14-36)15-42-29-28(37)19-13-21(33)26(24-20(32)7-6-8-22(24)39)35-30(19)38(31(29)41)27-17(4)9-10-34-25(27)16(2)3/h5-10,13,16,18,39H,1,11-12,14-15H2,2-4H3/t18-/m0/s1. The summed E-state index contributed by atoms with van der Waals surface area (Å²) in [4.78, 5) is 39.4. The minimum absolute atomic E-state index is 0.0305. The Kier molecular flexibility index (Phi) is 6.67. The fraction of sp³-hybridized carbons (Fsp3) is 0.290. The van der Waals surface area contributed by atoms with Crippen LogP contribution in [0.2, 0.25) is 0 Å². The van der Waals surface area contributed by atoms with Crippen LogP contribution in [0.15, 0.2) is 54.0 Å². The van der Waals surface area contributed by atoms with Crippen molar-refractivity contribution in [2.45, 2.75) is 32.7 Å². The summed E-state index contributed by atoms with van der Waals surface area (Å²) in [6, 6.07) is 6.31. The molecule has 216 valence electrons. The highest BCUT2D eigenvalue weighted by atomic mass is 19.1. The minimum atomic E-state index is -0.884. The summed E-state index contributed by atoms with van der Waals surface area (Å²) in [6.07, 6.45) is 2.91. The van der Waals surface area contributed by atoms with Crippen LogP contribution in [-0.4, -0.2) is 62.7 Å². The number of hydrogen-bond donors (Lipinski definition) is 1. The predicted molar refractivity (Wildman–Crippen MR) is 154 cm³/mol. The molecule has 11 heteroatoms. The van der Waals surface area contributed by atoms with Gasteiger partial charge in [-0.25, -0.2) is 13.8 Å². The summed E-state index contributed by atoms with van der Waals surface area (Å²) in [5, 5.41) is 10.8. The number of rotatable bonds is 4. The van der Waals surface area contributed by atoms with Gasteiger partial charge in [0.1, 0.15) is 23.9 Å². The number of carbonyl (C=O) groups excluding carboxylic acids is 1. The van der Waals surface area contributed by atoms with E-state index in [-0.39, 0.29) is 41.3 Å². The van der Waals surface area contributed by atoms with Crippen molar-refractivity contribution in [2.24, 2.45) is 0 Å². The van der Waals surface area contributed by atoms with E-state index in [0.29, 0.717) is 36.7 Å². The minimum Gasteiger partial charge on any atom is -0.507 e. The maximum Gasteiger partial charge on any atom is 0.301 e. The average Bonchev–Trinajstić information content (AvgIpc) is 2.97. The predicted octanol–water partition coefficient (Wildman–Crippen LogP) is 4.46. The molecule has 1 amide bonds. The number of ether oxygens (including phenoxy) is 1. The molecular formula is C31H29F2N5O4. The number of phenols is 1. The molecule has 0 radical (unpaired) electrons. The molecule has 1 N–H and O–H groups in total. The zero-order valence-corrected chi connectivity index (χ0v) is 23.4. The van der Waals surface area contributed by atoms with Gasteiger partial charge in [0, 0.05) is 31.2 Å². The van der Waals surface area contributed by atoms with E-state index in [1.54, 1.807) is 17.2 Å². The molecule has 1 aromatic carbocycles. The molecule has 3 aromatic heterocycles. The third kappa shape index (κ3) is 4.18. The fourth-order valence-corrected chi connectivity index (χ4v) is 5.88. The fourth-order valence-electron chi connectivity index (χ4n) is 5.88. The second-order valence-electron chi connectivity index (χ2n) is 10.8. The molecule has 0 saturated carbocycles. The molecule has 1 fully saturated rings. The van der Waals surface area contributed by atoms with Crippen LogP contribution in [0.4, 0.5) is 14.5 Å². The van der Waals surface area contributed by atoms with E-state index in [9.17, 15) is 19.1 Å². The zero-order chi connectivity index (χ0) is 29.9. The highest BCUT2D eigenvalue weighted by Crippen LogP contribution is 2.42. The summed E-state index contributed by atoms with van der Waals surface area (Å²) in [5.41, 5.74) is 0.858. The van der Waals surface area contributed by atoms with Crippen LogP contribution in [-0.2, 0) is 4.79 Å². The van der Waals surface area contributed by atoms with Crippen molar-refractivity contribution in [1.82, 2.24) is 19.4 Å². The van der Waals surface area contributed by atoms with Crippen LogP contribution in [0, 0.1) is 18.6 Å². The molecule has 0 spiro atoms. The zero-order valence-electron chi connectivity index (χ0n) is 23.4. The maximum atomic E-state index is 15.9. The Balaban J connectivity index is 1.69. The number of benzene rings is 1. The van der Waals surface area contributed by atoms with E-state index in [2.05, 4.69) is 16.5 Å². The normalized spacial score (nSPS) is 16.3. The van der Waals surface area contributed by atoms with E-state index in [1.807, 2.05) is 25.7 Å². The van der Waals surface area contributed by atoms with E-state index in [0.717, 1.165) is 11.6 Å². The van der Waals surface area contributed by atoms with Crippen molar-refractivity contribution in [3.63, 3.8) is 0 Å². The lowest BCUT2D eigenvalue weighted by atomic mass is 10.0. The largest absolute Gasteiger partial charge is 0.507 e. The van der Waals surface area contributed by atoms with Gasteiger partial charge in [0.2, 0.25) is 11.7 Å². The Morgan fingerprint density at radius 1 is 1.19 bits per heavy atom. The smallest absolute Gasteiger partial charge is 0.301 e. The molecule has 0 unspecified atom stereocenters. The van der Waals surface area contributed by atoms with Gasteiger partial charge in [0.25, 0.3) is 0 Å². The van der Waals surface area contributed by atoms with Gasteiger partial charge in [-0.1, -0.05) is 26.5 Å². The average molecular weight is 574 g/mol. The second-order valence-corrected chi connectivity index (χ2v) is 10.8. The molecule has 0 aliphatic carbocycles. The number of hydrogen-bond acceptors (Lipinski definition) is 7. The molecule has 5 heterocycles. The number of aromatic nitrogens is 3. The molecular weight excluding hydrogens is 544 g/mol. The van der Waals surface area contributed by atoms with Gasteiger partial charge in [-0.2, -0.15) is 0 Å². The molecule has 1 atom stereocenters. The number of fused-ring (bicyclic) bond motifs is 5. The number of aryl methyl sites for hydroxylation is 1. The third-order valence-corrected chi connectivity index (χ3v) is 7.86. The van der Waals surface area contributed by atoms with Crippen molar-refractivity contribution >= 4 is 22.6 Å². The highest BCUT2D eigenvalue weighted by Gasteiger charge is 2.38. The molecule has 2 aliphatic rings. The lowest BCUT2D eigenvalue weighted by Crippen LogP contribution is -2.58. The third-order valence-electron chi connectivity index (χ3n) is 7.86. The number of nitrogens with zero attached hydrogens (tertiary/aromatic N) is 5. The molecule has 6 rings (SSSR count). The van der Waals surface area contributed by atoms with Crippen molar-refractivity contribution in [3.05, 3.63) is 82.4 Å². The van der Waals surface area contributed by atoms with Gasteiger partial charge in [0.15, 0.2) is 11.5 Å². The van der Waals surface area contributed by atoms with Gasteiger partial charge < -0.3 is 19.6 Å². The lowest BCUT2D eigenvalue weighted by Gasteiger charge is -2.45. The second kappa shape index (κ2) is 10.2.